The molecule has 0 unspecified atom stereocenters. The van der Waals surface area contributed by atoms with E-state index in [0.717, 1.165) is 24.4 Å². The van der Waals surface area contributed by atoms with Gasteiger partial charge in [0.15, 0.2) is 5.78 Å². The van der Waals surface area contributed by atoms with E-state index in [2.05, 4.69) is 5.32 Å². The molecule has 1 heterocycles. The molecule has 1 aliphatic heterocycles. The molecule has 0 bridgehead atoms. The van der Waals surface area contributed by atoms with Crippen LogP contribution < -0.4 is 15.0 Å². The Morgan fingerprint density at radius 2 is 1.75 bits per heavy atom. The number of hydrogen-bond acceptors (Lipinski definition) is 4. The molecule has 1 saturated heterocycles. The molecule has 3 rings (SSSR count). The molecular formula is C22H24N2O4. The molecule has 6 nitrogen and oxygen atoms in total. The summed E-state index contributed by atoms with van der Waals surface area (Å²) in [6, 6.07) is 14.1. The van der Waals surface area contributed by atoms with E-state index in [4.69, 9.17) is 4.74 Å². The molecule has 0 spiro atoms. The molecule has 6 heteroatoms. The lowest BCUT2D eigenvalue weighted by Crippen LogP contribution is -2.23. The van der Waals surface area contributed by atoms with Gasteiger partial charge in [0, 0.05) is 42.7 Å². The fourth-order valence-electron chi connectivity index (χ4n) is 3.14. The lowest BCUT2D eigenvalue weighted by atomic mass is 10.1. The van der Waals surface area contributed by atoms with Crippen LogP contribution in [-0.2, 0) is 9.59 Å². The number of carbonyl (C=O) groups is 3. The quantitative estimate of drug-likeness (QED) is 0.707. The Hall–Kier alpha value is -3.15. The number of ether oxygens (including phenoxy) is 1. The first-order valence-electron chi connectivity index (χ1n) is 9.53. The highest BCUT2D eigenvalue weighted by Crippen LogP contribution is 2.23. The second-order valence-corrected chi connectivity index (χ2v) is 6.62. The van der Waals surface area contributed by atoms with E-state index in [-0.39, 0.29) is 30.4 Å². The largest absolute Gasteiger partial charge is 0.494 e. The molecule has 1 fully saturated rings. The van der Waals surface area contributed by atoms with E-state index < -0.39 is 0 Å². The lowest BCUT2D eigenvalue weighted by Gasteiger charge is -2.16. The zero-order valence-corrected chi connectivity index (χ0v) is 15.9. The fourth-order valence-corrected chi connectivity index (χ4v) is 3.14. The SMILES string of the molecule is CCOc1ccc(C(=O)CCC(=O)Nc2ccc(N3CCCC3=O)cc2)cc1. The number of ketones is 1. The summed E-state index contributed by atoms with van der Waals surface area (Å²) in [6.45, 7) is 3.21. The molecule has 0 radical (unpaired) electrons. The van der Waals surface area contributed by atoms with Crippen LogP contribution in [0.25, 0.3) is 0 Å². The van der Waals surface area contributed by atoms with E-state index in [1.807, 2.05) is 19.1 Å². The predicted octanol–water partition coefficient (Wildman–Crippen LogP) is 3.81. The molecule has 0 aromatic heterocycles. The van der Waals surface area contributed by atoms with Crippen molar-refractivity contribution in [3.8, 4) is 5.75 Å². The van der Waals surface area contributed by atoms with Crippen molar-refractivity contribution in [2.24, 2.45) is 0 Å². The molecule has 1 N–H and O–H groups in total. The Labute approximate surface area is 164 Å². The molecule has 0 saturated carbocycles. The van der Waals surface area contributed by atoms with Crippen LogP contribution in [0.2, 0.25) is 0 Å². The molecule has 2 aromatic rings. The van der Waals surface area contributed by atoms with Crippen LogP contribution in [0, 0.1) is 0 Å². The van der Waals surface area contributed by atoms with Gasteiger partial charge in [-0.15, -0.1) is 0 Å². The van der Waals surface area contributed by atoms with E-state index in [9.17, 15) is 14.4 Å². The summed E-state index contributed by atoms with van der Waals surface area (Å²) in [4.78, 5) is 37.9. The van der Waals surface area contributed by atoms with Gasteiger partial charge in [-0.25, -0.2) is 0 Å². The monoisotopic (exact) mass is 380 g/mol. The highest BCUT2D eigenvalue weighted by Gasteiger charge is 2.21. The van der Waals surface area contributed by atoms with Gasteiger partial charge in [-0.3, -0.25) is 14.4 Å². The number of carbonyl (C=O) groups excluding carboxylic acids is 3. The summed E-state index contributed by atoms with van der Waals surface area (Å²) in [5, 5.41) is 2.79. The first kappa shape index (κ1) is 19.6. The summed E-state index contributed by atoms with van der Waals surface area (Å²) in [7, 11) is 0. The topological polar surface area (TPSA) is 75.7 Å². The van der Waals surface area contributed by atoms with Crippen molar-refractivity contribution >= 4 is 29.0 Å². The Balaban J connectivity index is 1.48. The molecular weight excluding hydrogens is 356 g/mol. The van der Waals surface area contributed by atoms with Gasteiger partial charge in [0.05, 0.1) is 6.61 Å². The molecule has 146 valence electrons. The van der Waals surface area contributed by atoms with Gasteiger partial charge in [0.25, 0.3) is 0 Å². The smallest absolute Gasteiger partial charge is 0.227 e. The third kappa shape index (κ3) is 4.97. The van der Waals surface area contributed by atoms with Crippen molar-refractivity contribution in [3.05, 3.63) is 54.1 Å². The maximum Gasteiger partial charge on any atom is 0.227 e. The predicted molar refractivity (Wildman–Crippen MR) is 108 cm³/mol. The van der Waals surface area contributed by atoms with Crippen LogP contribution in [0.4, 0.5) is 11.4 Å². The van der Waals surface area contributed by atoms with Crippen LogP contribution in [0.3, 0.4) is 0 Å². The van der Waals surface area contributed by atoms with Crippen LogP contribution in [0.5, 0.6) is 5.75 Å². The van der Waals surface area contributed by atoms with Crippen molar-refractivity contribution in [2.75, 3.05) is 23.4 Å². The minimum Gasteiger partial charge on any atom is -0.494 e. The number of rotatable bonds is 8. The molecule has 28 heavy (non-hydrogen) atoms. The second kappa shape index (κ2) is 9.17. The molecule has 2 aromatic carbocycles. The average Bonchev–Trinajstić information content (AvgIpc) is 3.13. The number of Topliss-reactive ketones (excluding diaryl/α,β-unsaturated/α-hetero) is 1. The molecule has 0 aliphatic carbocycles. The molecule has 0 atom stereocenters. The van der Waals surface area contributed by atoms with Gasteiger partial charge in [-0.2, -0.15) is 0 Å². The third-order valence-electron chi connectivity index (χ3n) is 4.60. The van der Waals surface area contributed by atoms with Gasteiger partial charge < -0.3 is 15.0 Å². The minimum absolute atomic E-state index is 0.0823. The summed E-state index contributed by atoms with van der Waals surface area (Å²) in [5.41, 5.74) is 2.05. The number of anilines is 2. The standard InChI is InChI=1S/C22H24N2O4/c1-2-28-19-11-5-16(6-12-19)20(25)13-14-21(26)23-17-7-9-18(10-8-17)24-15-3-4-22(24)27/h5-12H,2-4,13-15H2,1H3,(H,23,26). The van der Waals surface area contributed by atoms with Gasteiger partial charge in [-0.05, 0) is 61.9 Å². The molecule has 1 aliphatic rings. The zero-order chi connectivity index (χ0) is 19.9. The maximum atomic E-state index is 12.2. The van der Waals surface area contributed by atoms with Crippen molar-refractivity contribution < 1.29 is 19.1 Å². The van der Waals surface area contributed by atoms with E-state index in [1.165, 1.54) is 0 Å². The van der Waals surface area contributed by atoms with Crippen molar-refractivity contribution in [1.29, 1.82) is 0 Å². The van der Waals surface area contributed by atoms with Crippen LogP contribution in [0.15, 0.2) is 48.5 Å². The van der Waals surface area contributed by atoms with E-state index >= 15 is 0 Å². The summed E-state index contributed by atoms with van der Waals surface area (Å²) < 4.78 is 5.35. The Bertz CT molecular complexity index is 844. The van der Waals surface area contributed by atoms with Gasteiger partial charge in [0.1, 0.15) is 5.75 Å². The van der Waals surface area contributed by atoms with Crippen molar-refractivity contribution in [2.45, 2.75) is 32.6 Å². The average molecular weight is 380 g/mol. The third-order valence-corrected chi connectivity index (χ3v) is 4.60. The van der Waals surface area contributed by atoms with Crippen LogP contribution in [0.1, 0.15) is 43.0 Å². The second-order valence-electron chi connectivity index (χ2n) is 6.62. The number of nitrogens with zero attached hydrogens (tertiary/aromatic N) is 1. The Morgan fingerprint density at radius 1 is 1.04 bits per heavy atom. The number of hydrogen-bond donors (Lipinski definition) is 1. The lowest BCUT2D eigenvalue weighted by molar-refractivity contribution is -0.117. The highest BCUT2D eigenvalue weighted by atomic mass is 16.5. The number of benzene rings is 2. The molecule has 2 amide bonds. The maximum absolute atomic E-state index is 12.2. The highest BCUT2D eigenvalue weighted by molar-refractivity contribution is 6.00. The summed E-state index contributed by atoms with van der Waals surface area (Å²) in [6.07, 6.45) is 1.71. The van der Waals surface area contributed by atoms with E-state index in [0.29, 0.717) is 24.3 Å². The first-order chi connectivity index (χ1) is 13.6. The van der Waals surface area contributed by atoms with Crippen LogP contribution in [-0.4, -0.2) is 30.7 Å². The Morgan fingerprint density at radius 3 is 2.36 bits per heavy atom. The number of amides is 2. The first-order valence-corrected chi connectivity index (χ1v) is 9.53. The Kier molecular flexibility index (Phi) is 6.42. The normalized spacial score (nSPS) is 13.5. The summed E-state index contributed by atoms with van der Waals surface area (Å²) in [5.74, 6) is 0.547. The van der Waals surface area contributed by atoms with Crippen molar-refractivity contribution in [3.63, 3.8) is 0 Å². The summed E-state index contributed by atoms with van der Waals surface area (Å²) >= 11 is 0. The minimum atomic E-state index is -0.218. The zero-order valence-electron chi connectivity index (χ0n) is 15.9. The van der Waals surface area contributed by atoms with Crippen LogP contribution >= 0.6 is 0 Å². The fraction of sp³-hybridized carbons (Fsp3) is 0.318. The van der Waals surface area contributed by atoms with Gasteiger partial charge in [0.2, 0.25) is 11.8 Å². The van der Waals surface area contributed by atoms with Gasteiger partial charge in [-0.1, -0.05) is 0 Å². The van der Waals surface area contributed by atoms with E-state index in [1.54, 1.807) is 41.3 Å². The van der Waals surface area contributed by atoms with Crippen molar-refractivity contribution in [1.82, 2.24) is 0 Å². The number of nitrogens with one attached hydrogen (secondary N) is 1. The van der Waals surface area contributed by atoms with Gasteiger partial charge >= 0.3 is 0 Å².